The van der Waals surface area contributed by atoms with E-state index in [1.807, 2.05) is 0 Å². The van der Waals surface area contributed by atoms with Crippen LogP contribution in [0, 0.1) is 29.1 Å². The minimum Gasteiger partial charge on any atom is -0.472 e. The second-order valence-corrected chi connectivity index (χ2v) is 9.99. The van der Waals surface area contributed by atoms with Gasteiger partial charge in [-0.1, -0.05) is 0 Å². The predicted octanol–water partition coefficient (Wildman–Crippen LogP) is 3.53. The third kappa shape index (κ3) is 3.38. The predicted molar refractivity (Wildman–Crippen MR) is 105 cm³/mol. The second kappa shape index (κ2) is 7.25. The molecule has 6 rings (SSSR count). The Hall–Kier alpha value is -2.52. The molecule has 4 aliphatic carbocycles. The zero-order valence-electron chi connectivity index (χ0n) is 17.4. The number of nitrogens with zero attached hydrogens (tertiary/aromatic N) is 2. The van der Waals surface area contributed by atoms with Crippen molar-refractivity contribution in [3.8, 4) is 5.88 Å². The summed E-state index contributed by atoms with van der Waals surface area (Å²) < 4.78 is 44.5. The Labute approximate surface area is 183 Å². The van der Waals surface area contributed by atoms with Crippen LogP contribution in [-0.2, 0) is 11.0 Å². The van der Waals surface area contributed by atoms with E-state index in [1.54, 1.807) is 0 Å². The van der Waals surface area contributed by atoms with Gasteiger partial charge >= 0.3 is 12.3 Å². The molecule has 2 amide bonds. The van der Waals surface area contributed by atoms with Gasteiger partial charge in [-0.2, -0.15) is 13.2 Å². The first-order valence-corrected chi connectivity index (χ1v) is 11.1. The van der Waals surface area contributed by atoms with Gasteiger partial charge in [-0.15, -0.1) is 0 Å². The van der Waals surface area contributed by atoms with Gasteiger partial charge in [-0.3, -0.25) is 4.79 Å². The highest BCUT2D eigenvalue weighted by atomic mass is 19.4. The van der Waals surface area contributed by atoms with Gasteiger partial charge in [0, 0.05) is 30.6 Å². The molecular weight excluding hydrogens is 427 g/mol. The summed E-state index contributed by atoms with van der Waals surface area (Å²) in [5.74, 6) is 0.649. The van der Waals surface area contributed by atoms with Crippen LogP contribution in [0.4, 0.5) is 18.0 Å². The van der Waals surface area contributed by atoms with E-state index >= 15 is 0 Å². The third-order valence-corrected chi connectivity index (χ3v) is 8.24. The molecule has 5 fully saturated rings. The number of rotatable bonds is 4. The first-order chi connectivity index (χ1) is 15.1. The van der Waals surface area contributed by atoms with E-state index in [9.17, 15) is 27.9 Å². The average Bonchev–Trinajstić information content (AvgIpc) is 3.10. The standard InChI is InChI=1S/C22H26F3N3O4/c23-22(24,25)14-1-2-16(27-10-14)32-15-3-4-28(20(30)31)18(15)17-12-5-11-6-13(17)9-21(7-11,8-12)19(26)29/h1-2,10-13,15,17-18H,3-9H2,(H2,26,29)(H,30,31)/t11?,12-,13?,15+,17?,18?,21-/m0/s1. The van der Waals surface area contributed by atoms with Crippen LogP contribution in [0.5, 0.6) is 5.88 Å². The molecule has 7 nitrogen and oxygen atoms in total. The minimum atomic E-state index is -4.49. The maximum Gasteiger partial charge on any atom is 0.417 e. The molecule has 3 N–H and O–H groups in total. The number of alkyl halides is 3. The van der Waals surface area contributed by atoms with E-state index < -0.39 is 35.4 Å². The van der Waals surface area contributed by atoms with Crippen molar-refractivity contribution < 1.29 is 32.6 Å². The molecule has 5 aliphatic rings. The number of aromatic nitrogens is 1. The molecule has 4 unspecified atom stereocenters. The number of primary amides is 1. The van der Waals surface area contributed by atoms with Gasteiger partial charge in [0.2, 0.25) is 11.8 Å². The lowest BCUT2D eigenvalue weighted by atomic mass is 9.44. The summed E-state index contributed by atoms with van der Waals surface area (Å²) >= 11 is 0. The van der Waals surface area contributed by atoms with Crippen LogP contribution in [0.3, 0.4) is 0 Å². The molecule has 1 saturated heterocycles. The summed E-state index contributed by atoms with van der Waals surface area (Å²) in [6.07, 6.45) is -0.764. The molecule has 0 radical (unpaired) electrons. The Morgan fingerprint density at radius 2 is 1.88 bits per heavy atom. The first-order valence-electron chi connectivity index (χ1n) is 11.1. The number of hydrogen-bond donors (Lipinski definition) is 2. The van der Waals surface area contributed by atoms with Crippen LogP contribution < -0.4 is 10.5 Å². The van der Waals surface area contributed by atoms with Crippen molar-refractivity contribution in [3.05, 3.63) is 23.9 Å². The lowest BCUT2D eigenvalue weighted by Gasteiger charge is -2.60. The van der Waals surface area contributed by atoms with Gasteiger partial charge in [-0.05, 0) is 61.8 Å². The van der Waals surface area contributed by atoms with Gasteiger partial charge < -0.3 is 20.5 Å². The van der Waals surface area contributed by atoms with Crippen molar-refractivity contribution in [2.75, 3.05) is 6.54 Å². The summed E-state index contributed by atoms with van der Waals surface area (Å²) in [5.41, 5.74) is 4.44. The van der Waals surface area contributed by atoms with Crippen molar-refractivity contribution in [1.82, 2.24) is 9.88 Å². The Kier molecular flexibility index (Phi) is 4.83. The number of carbonyl (C=O) groups is 2. The number of pyridine rings is 1. The Bertz CT molecular complexity index is 906. The number of ether oxygens (including phenoxy) is 1. The molecule has 32 heavy (non-hydrogen) atoms. The fourth-order valence-corrected chi connectivity index (χ4v) is 7.29. The number of halogens is 3. The molecule has 1 aromatic heterocycles. The summed E-state index contributed by atoms with van der Waals surface area (Å²) in [5, 5.41) is 9.84. The van der Waals surface area contributed by atoms with Crippen molar-refractivity contribution in [2.45, 2.75) is 56.8 Å². The molecular formula is C22H26F3N3O4. The van der Waals surface area contributed by atoms with E-state index in [1.165, 1.54) is 11.0 Å². The van der Waals surface area contributed by atoms with Crippen LogP contribution in [0.25, 0.3) is 0 Å². The lowest BCUT2D eigenvalue weighted by molar-refractivity contribution is -0.156. The average molecular weight is 453 g/mol. The Morgan fingerprint density at radius 3 is 2.41 bits per heavy atom. The van der Waals surface area contributed by atoms with Crippen molar-refractivity contribution in [3.63, 3.8) is 0 Å². The minimum absolute atomic E-state index is 0.0390. The highest BCUT2D eigenvalue weighted by Crippen LogP contribution is 2.63. The molecule has 4 saturated carbocycles. The van der Waals surface area contributed by atoms with Gasteiger partial charge in [0.05, 0.1) is 11.6 Å². The second-order valence-electron chi connectivity index (χ2n) is 9.99. The number of likely N-dealkylation sites (tertiary alicyclic amines) is 1. The van der Waals surface area contributed by atoms with Crippen molar-refractivity contribution >= 4 is 12.0 Å². The Morgan fingerprint density at radius 1 is 1.19 bits per heavy atom. The summed E-state index contributed by atoms with van der Waals surface area (Å²) in [4.78, 5) is 29.5. The fourth-order valence-electron chi connectivity index (χ4n) is 7.29. The van der Waals surface area contributed by atoms with Gasteiger partial charge in [0.1, 0.15) is 6.10 Å². The molecule has 1 aliphatic heterocycles. The van der Waals surface area contributed by atoms with Crippen molar-refractivity contribution in [2.24, 2.45) is 34.8 Å². The fraction of sp³-hybridized carbons (Fsp3) is 0.682. The van der Waals surface area contributed by atoms with Crippen LogP contribution in [0.15, 0.2) is 18.3 Å². The number of carboxylic acid groups (broad SMARTS) is 1. The SMILES string of the molecule is NC(=O)[C@]12CC3CC(C1)C(C1[C@H](Oc4ccc(C(F)(F)F)cn4)CCN1C(=O)O)[C@@H](C3)C2. The zero-order chi connectivity index (χ0) is 22.8. The maximum absolute atomic E-state index is 12.8. The van der Waals surface area contributed by atoms with Crippen LogP contribution in [0.2, 0.25) is 0 Å². The van der Waals surface area contributed by atoms with Gasteiger partial charge in [0.25, 0.3) is 0 Å². The molecule has 1 aromatic rings. The molecule has 0 spiro atoms. The number of amides is 2. The van der Waals surface area contributed by atoms with Crippen LogP contribution in [-0.4, -0.2) is 45.7 Å². The number of nitrogens with two attached hydrogens (primary N) is 1. The van der Waals surface area contributed by atoms with E-state index in [0.29, 0.717) is 31.7 Å². The number of carbonyl (C=O) groups excluding carboxylic acids is 1. The maximum atomic E-state index is 12.8. The highest BCUT2D eigenvalue weighted by Gasteiger charge is 2.61. The molecule has 174 valence electrons. The smallest absolute Gasteiger partial charge is 0.417 e. The highest BCUT2D eigenvalue weighted by molar-refractivity contribution is 5.81. The summed E-state index contributed by atoms with van der Waals surface area (Å²) in [6, 6.07) is 1.68. The molecule has 10 heteroatoms. The van der Waals surface area contributed by atoms with E-state index in [0.717, 1.165) is 31.5 Å². The summed E-state index contributed by atoms with van der Waals surface area (Å²) in [7, 11) is 0. The normalized spacial score (nSPS) is 38.2. The largest absolute Gasteiger partial charge is 0.472 e. The van der Waals surface area contributed by atoms with Crippen LogP contribution in [0.1, 0.15) is 44.1 Å². The van der Waals surface area contributed by atoms with Crippen LogP contribution >= 0.6 is 0 Å². The van der Waals surface area contributed by atoms with E-state index in [-0.39, 0.29) is 29.5 Å². The van der Waals surface area contributed by atoms with E-state index in [4.69, 9.17) is 10.5 Å². The van der Waals surface area contributed by atoms with Gasteiger partial charge in [-0.25, -0.2) is 9.78 Å². The molecule has 2 heterocycles. The topological polar surface area (TPSA) is 106 Å². The lowest BCUT2D eigenvalue weighted by Crippen LogP contribution is -2.61. The van der Waals surface area contributed by atoms with Gasteiger partial charge in [0.15, 0.2) is 0 Å². The monoisotopic (exact) mass is 453 g/mol. The summed E-state index contributed by atoms with van der Waals surface area (Å²) in [6.45, 7) is 0.297. The number of hydrogen-bond acceptors (Lipinski definition) is 4. The third-order valence-electron chi connectivity index (χ3n) is 8.24. The Balaban J connectivity index is 1.40. The van der Waals surface area contributed by atoms with Crippen molar-refractivity contribution in [1.29, 1.82) is 0 Å². The molecule has 0 aromatic carbocycles. The van der Waals surface area contributed by atoms with E-state index in [2.05, 4.69) is 4.98 Å². The first kappa shape index (κ1) is 21.3. The quantitative estimate of drug-likeness (QED) is 0.726. The molecule has 7 atom stereocenters. The zero-order valence-corrected chi connectivity index (χ0v) is 17.4. The molecule has 4 bridgehead atoms.